The molecule has 0 aromatic heterocycles. The zero-order chi connectivity index (χ0) is 15.1. The summed E-state index contributed by atoms with van der Waals surface area (Å²) < 4.78 is 1.04. The van der Waals surface area contributed by atoms with Gasteiger partial charge in [-0.3, -0.25) is 0 Å². The fourth-order valence-corrected chi connectivity index (χ4v) is 3.01. The molecule has 110 valence electrons. The van der Waals surface area contributed by atoms with E-state index in [9.17, 15) is 0 Å². The van der Waals surface area contributed by atoms with Gasteiger partial charge in [0, 0.05) is 10.2 Å². The zero-order valence-corrected chi connectivity index (χ0v) is 13.3. The minimum absolute atomic E-state index is 0.165. The van der Waals surface area contributed by atoms with Crippen LogP contribution in [0.25, 0.3) is 0 Å². The predicted octanol–water partition coefficient (Wildman–Crippen LogP) is 3.06. The van der Waals surface area contributed by atoms with Gasteiger partial charge < -0.3 is 16.0 Å². The topological polar surface area (TPSA) is 66.0 Å². The lowest BCUT2D eigenvalue weighted by Gasteiger charge is -2.38. The lowest BCUT2D eigenvalue weighted by molar-refractivity contribution is 0.308. The minimum atomic E-state index is -0.165. The van der Waals surface area contributed by atoms with Crippen molar-refractivity contribution in [3.05, 3.63) is 64.1 Å². The van der Waals surface area contributed by atoms with E-state index in [0.717, 1.165) is 28.2 Å². The van der Waals surface area contributed by atoms with E-state index in [0.29, 0.717) is 5.96 Å². The van der Waals surface area contributed by atoms with Gasteiger partial charge in [-0.25, -0.2) is 4.99 Å². The third kappa shape index (κ3) is 2.25. The number of benzene rings is 2. The Labute approximate surface area is 136 Å². The second kappa shape index (κ2) is 5.14. The smallest absolute Gasteiger partial charge is 0.220 e. The average molecular weight is 356 g/mol. The van der Waals surface area contributed by atoms with Gasteiger partial charge in [-0.2, -0.15) is 4.99 Å². The van der Waals surface area contributed by atoms with Gasteiger partial charge in [-0.05, 0) is 29.3 Å². The summed E-state index contributed by atoms with van der Waals surface area (Å²) in [5.74, 6) is 1.05. The molecule has 2 aromatic carbocycles. The maximum absolute atomic E-state index is 5.91. The van der Waals surface area contributed by atoms with Crippen molar-refractivity contribution in [3.8, 4) is 0 Å². The number of nitrogens with one attached hydrogen (secondary N) is 1. The highest BCUT2D eigenvalue weighted by atomic mass is 79.9. The van der Waals surface area contributed by atoms with Crippen molar-refractivity contribution < 1.29 is 0 Å². The van der Waals surface area contributed by atoms with Crippen LogP contribution in [0.3, 0.4) is 0 Å². The van der Waals surface area contributed by atoms with Gasteiger partial charge in [0.25, 0.3) is 0 Å². The van der Waals surface area contributed by atoms with E-state index in [-0.39, 0.29) is 6.17 Å². The first-order valence-electron chi connectivity index (χ1n) is 7.00. The molecule has 4 rings (SSSR count). The molecule has 0 spiro atoms. The molecule has 2 heterocycles. The van der Waals surface area contributed by atoms with E-state index in [1.165, 1.54) is 5.56 Å². The maximum atomic E-state index is 5.91. The van der Waals surface area contributed by atoms with Crippen molar-refractivity contribution in [3.63, 3.8) is 0 Å². The van der Waals surface area contributed by atoms with Crippen LogP contribution in [-0.4, -0.2) is 16.8 Å². The Balaban J connectivity index is 1.75. The largest absolute Gasteiger partial charge is 0.368 e. The first-order chi connectivity index (χ1) is 10.7. The van der Waals surface area contributed by atoms with Gasteiger partial charge >= 0.3 is 0 Å². The number of nitrogens with zero attached hydrogens (tertiary/aromatic N) is 3. The van der Waals surface area contributed by atoms with E-state index >= 15 is 0 Å². The molecule has 0 fully saturated rings. The van der Waals surface area contributed by atoms with Crippen LogP contribution >= 0.6 is 15.9 Å². The number of rotatable bonds is 1. The molecule has 5 nitrogen and oxygen atoms in total. The normalized spacial score (nSPS) is 19.5. The second-order valence-corrected chi connectivity index (χ2v) is 6.17. The molecule has 22 heavy (non-hydrogen) atoms. The van der Waals surface area contributed by atoms with E-state index < -0.39 is 0 Å². The average Bonchev–Trinajstić information content (AvgIpc) is 2.53. The van der Waals surface area contributed by atoms with Crippen LogP contribution in [0.2, 0.25) is 0 Å². The van der Waals surface area contributed by atoms with Gasteiger partial charge in [-0.1, -0.05) is 46.3 Å². The molecule has 0 bridgehead atoms. The monoisotopic (exact) mass is 355 g/mol. The maximum Gasteiger partial charge on any atom is 0.220 e. The molecule has 3 N–H and O–H groups in total. The summed E-state index contributed by atoms with van der Waals surface area (Å²) in [6.07, 6.45) is -0.165. The van der Waals surface area contributed by atoms with Crippen LogP contribution in [0.15, 0.2) is 63.0 Å². The molecule has 1 atom stereocenters. The lowest BCUT2D eigenvalue weighted by atomic mass is 10.1. The van der Waals surface area contributed by atoms with E-state index in [4.69, 9.17) is 5.73 Å². The number of hydrogen-bond acceptors (Lipinski definition) is 5. The summed E-state index contributed by atoms with van der Waals surface area (Å²) in [5.41, 5.74) is 9.28. The highest BCUT2D eigenvalue weighted by Gasteiger charge is 2.31. The first kappa shape index (κ1) is 13.3. The Kier molecular flexibility index (Phi) is 3.11. The van der Waals surface area contributed by atoms with Crippen molar-refractivity contribution in [2.24, 2.45) is 15.7 Å². The highest BCUT2D eigenvalue weighted by Crippen LogP contribution is 2.33. The molecular weight excluding hydrogens is 342 g/mol. The van der Waals surface area contributed by atoms with Gasteiger partial charge in [0.1, 0.15) is 0 Å². The van der Waals surface area contributed by atoms with Crippen LogP contribution in [-0.2, 0) is 6.54 Å². The summed E-state index contributed by atoms with van der Waals surface area (Å²) in [6.45, 7) is 0.750. The van der Waals surface area contributed by atoms with E-state index in [1.807, 2.05) is 30.3 Å². The summed E-state index contributed by atoms with van der Waals surface area (Å²) in [5, 5.41) is 3.35. The van der Waals surface area contributed by atoms with Crippen LogP contribution in [0.5, 0.6) is 0 Å². The third-order valence-electron chi connectivity index (χ3n) is 3.81. The van der Waals surface area contributed by atoms with E-state index in [1.54, 1.807) is 0 Å². The minimum Gasteiger partial charge on any atom is -0.368 e. The second-order valence-electron chi connectivity index (χ2n) is 5.26. The Morgan fingerprint density at radius 3 is 2.73 bits per heavy atom. The van der Waals surface area contributed by atoms with Gasteiger partial charge in [-0.15, -0.1) is 0 Å². The van der Waals surface area contributed by atoms with Crippen LogP contribution in [0, 0.1) is 0 Å². The molecule has 6 heteroatoms. The van der Waals surface area contributed by atoms with Crippen LogP contribution in [0.1, 0.15) is 17.3 Å². The van der Waals surface area contributed by atoms with Gasteiger partial charge in [0.2, 0.25) is 11.9 Å². The van der Waals surface area contributed by atoms with E-state index in [2.05, 4.69) is 54.3 Å². The number of hydrogen-bond donors (Lipinski definition) is 2. The summed E-state index contributed by atoms with van der Waals surface area (Å²) in [7, 11) is 0. The lowest BCUT2D eigenvalue weighted by Crippen LogP contribution is -2.45. The quantitative estimate of drug-likeness (QED) is 0.825. The zero-order valence-electron chi connectivity index (χ0n) is 11.7. The summed E-state index contributed by atoms with van der Waals surface area (Å²) in [4.78, 5) is 11.0. The van der Waals surface area contributed by atoms with Crippen molar-refractivity contribution in [1.82, 2.24) is 4.90 Å². The number of guanidine groups is 2. The van der Waals surface area contributed by atoms with Crippen molar-refractivity contribution in [2.75, 3.05) is 5.32 Å². The molecule has 0 saturated heterocycles. The molecule has 2 aromatic rings. The first-order valence-corrected chi connectivity index (χ1v) is 7.79. The Morgan fingerprint density at radius 1 is 1.14 bits per heavy atom. The molecule has 0 radical (unpaired) electrons. The Bertz CT molecular complexity index is 781. The summed E-state index contributed by atoms with van der Waals surface area (Å²) in [6, 6.07) is 16.3. The van der Waals surface area contributed by atoms with Crippen LogP contribution < -0.4 is 11.1 Å². The molecule has 0 saturated carbocycles. The fraction of sp³-hybridized carbons (Fsp3) is 0.125. The fourth-order valence-electron chi connectivity index (χ4n) is 2.75. The standard InChI is InChI=1S/C16H14BrN5/c17-12-7-5-10(6-8-12)14-20-15(18)21-16-19-13-4-2-1-3-11(13)9-22(14)16/h1-8,14H,9H2,(H3,18,19,20,21). The number of anilines is 1. The van der Waals surface area contributed by atoms with Crippen molar-refractivity contribution >= 4 is 33.5 Å². The van der Waals surface area contributed by atoms with Gasteiger partial charge in [0.05, 0.1) is 6.54 Å². The van der Waals surface area contributed by atoms with Gasteiger partial charge in [0.15, 0.2) is 6.17 Å². The van der Waals surface area contributed by atoms with Crippen molar-refractivity contribution in [2.45, 2.75) is 12.7 Å². The predicted molar refractivity (Wildman–Crippen MR) is 91.5 cm³/mol. The molecular formula is C16H14BrN5. The Morgan fingerprint density at radius 2 is 1.91 bits per heavy atom. The number of halogens is 1. The molecule has 0 amide bonds. The number of aliphatic imine (C=N–C) groups is 2. The number of fused-ring (bicyclic) bond motifs is 2. The molecule has 2 aliphatic rings. The third-order valence-corrected chi connectivity index (χ3v) is 4.34. The summed E-state index contributed by atoms with van der Waals surface area (Å²) >= 11 is 3.46. The Hall–Kier alpha value is -2.34. The SMILES string of the molecule is NC1=NC(c2ccc(Br)cc2)N2Cc3ccccc3NC2=N1. The highest BCUT2D eigenvalue weighted by molar-refractivity contribution is 9.10. The molecule has 1 unspecified atom stereocenters. The molecule has 0 aliphatic carbocycles. The number of para-hydroxylation sites is 1. The number of nitrogens with two attached hydrogens (primary N) is 1. The van der Waals surface area contributed by atoms with Crippen molar-refractivity contribution in [1.29, 1.82) is 0 Å². The van der Waals surface area contributed by atoms with Crippen LogP contribution in [0.4, 0.5) is 5.69 Å². The molecule has 2 aliphatic heterocycles.